The second kappa shape index (κ2) is 16.2. The number of para-hydroxylation sites is 1. The summed E-state index contributed by atoms with van der Waals surface area (Å²) >= 11 is 0. The molecule has 36 heavy (non-hydrogen) atoms. The van der Waals surface area contributed by atoms with Gasteiger partial charge in [-0.3, -0.25) is 5.01 Å². The molecule has 3 rings (SSSR count). The number of imidazole rings is 2. The summed E-state index contributed by atoms with van der Waals surface area (Å²) < 4.78 is 6.76. The van der Waals surface area contributed by atoms with Crippen molar-refractivity contribution in [2.75, 3.05) is 32.2 Å². The molecule has 3 aromatic rings. The van der Waals surface area contributed by atoms with Crippen molar-refractivity contribution < 1.29 is 4.57 Å². The maximum atomic E-state index is 4.48. The summed E-state index contributed by atoms with van der Waals surface area (Å²) in [6.45, 7) is 5.00. The minimum Gasteiger partial charge on any atom is -0.390 e. The van der Waals surface area contributed by atoms with Crippen LogP contribution in [0.1, 0.15) is 38.5 Å². The molecule has 1 aromatic carbocycles. The van der Waals surface area contributed by atoms with Gasteiger partial charge in [0.05, 0.1) is 31.6 Å². The van der Waals surface area contributed by atoms with Crippen molar-refractivity contribution in [3.63, 3.8) is 0 Å². The highest BCUT2D eigenvalue weighted by Crippen LogP contribution is 2.10. The Morgan fingerprint density at radius 1 is 0.972 bits per heavy atom. The number of aryl methyl sites for hydroxylation is 3. The molecular weight excluding hydrogens is 448 g/mol. The number of rotatable bonds is 18. The summed E-state index contributed by atoms with van der Waals surface area (Å²) in [5.74, 6) is 0. The third kappa shape index (κ3) is 10.8. The second-order valence-electron chi connectivity index (χ2n) is 9.18. The van der Waals surface area contributed by atoms with Crippen LogP contribution in [0.15, 0.2) is 85.3 Å². The van der Waals surface area contributed by atoms with Crippen LogP contribution in [0.5, 0.6) is 0 Å². The van der Waals surface area contributed by atoms with E-state index in [9.17, 15) is 0 Å². The van der Waals surface area contributed by atoms with Crippen LogP contribution >= 0.6 is 0 Å². The van der Waals surface area contributed by atoms with Crippen LogP contribution in [0.25, 0.3) is 0 Å². The van der Waals surface area contributed by atoms with Crippen LogP contribution < -0.4 is 14.9 Å². The molecule has 0 unspecified atom stereocenters. The molecule has 1 N–H and O–H groups in total. The van der Waals surface area contributed by atoms with E-state index >= 15 is 0 Å². The van der Waals surface area contributed by atoms with Gasteiger partial charge in [0, 0.05) is 58.2 Å². The molecule has 0 radical (unpaired) electrons. The summed E-state index contributed by atoms with van der Waals surface area (Å²) in [4.78, 5) is 6.20. The van der Waals surface area contributed by atoms with Crippen LogP contribution in [0.3, 0.4) is 0 Å². The Morgan fingerprint density at radius 2 is 1.78 bits per heavy atom. The van der Waals surface area contributed by atoms with Gasteiger partial charge in [0.1, 0.15) is 12.4 Å². The molecule has 8 nitrogen and oxygen atoms in total. The van der Waals surface area contributed by atoms with Crippen molar-refractivity contribution >= 4 is 11.9 Å². The number of anilines is 1. The molecule has 0 saturated heterocycles. The third-order valence-corrected chi connectivity index (χ3v) is 6.08. The number of aromatic nitrogens is 4. The number of hydrogen-bond donors (Lipinski definition) is 1. The van der Waals surface area contributed by atoms with E-state index in [-0.39, 0.29) is 0 Å². The van der Waals surface area contributed by atoms with Gasteiger partial charge in [-0.05, 0) is 44.2 Å². The summed E-state index contributed by atoms with van der Waals surface area (Å²) in [7, 11) is 4.02. The maximum absolute atomic E-state index is 4.48. The molecule has 0 atom stereocenters. The molecule has 8 heteroatoms. The Labute approximate surface area is 216 Å². The normalized spacial score (nSPS) is 11.5. The molecule has 0 aliphatic carbocycles. The van der Waals surface area contributed by atoms with E-state index in [1.807, 2.05) is 73.5 Å². The minimum absolute atomic E-state index is 0.764. The average Bonchev–Trinajstić information content (AvgIpc) is 3.58. The van der Waals surface area contributed by atoms with E-state index in [1.54, 1.807) is 0 Å². The first-order chi connectivity index (χ1) is 17.7. The van der Waals surface area contributed by atoms with E-state index in [0.717, 1.165) is 38.4 Å². The van der Waals surface area contributed by atoms with Gasteiger partial charge in [0.15, 0.2) is 0 Å². The second-order valence-corrected chi connectivity index (χ2v) is 9.18. The number of hydrogen-bond acceptors (Lipinski definition) is 5. The van der Waals surface area contributed by atoms with Crippen LogP contribution in [0.4, 0.5) is 5.69 Å². The van der Waals surface area contributed by atoms with Gasteiger partial charge >= 0.3 is 0 Å². The quantitative estimate of drug-likeness (QED) is 0.126. The van der Waals surface area contributed by atoms with Gasteiger partial charge in [0.25, 0.3) is 0 Å². The highest BCUT2D eigenvalue weighted by molar-refractivity contribution is 5.62. The number of hydrazone groups is 1. The molecule has 2 aromatic heterocycles. The van der Waals surface area contributed by atoms with E-state index in [0.29, 0.717) is 0 Å². The van der Waals surface area contributed by atoms with Gasteiger partial charge in [-0.25, -0.2) is 14.1 Å². The molecular formula is C28H43N8+. The fraction of sp³-hybridized carbons (Fsp3) is 0.464. The Hall–Kier alpha value is -3.55. The van der Waals surface area contributed by atoms with Crippen molar-refractivity contribution in [1.82, 2.24) is 24.3 Å². The van der Waals surface area contributed by atoms with Crippen molar-refractivity contribution in [2.45, 2.75) is 58.2 Å². The molecule has 194 valence electrons. The van der Waals surface area contributed by atoms with Crippen molar-refractivity contribution in [2.24, 2.45) is 5.10 Å². The summed E-state index contributed by atoms with van der Waals surface area (Å²) in [6.07, 6.45) is 25.7. The van der Waals surface area contributed by atoms with Gasteiger partial charge in [0.2, 0.25) is 6.33 Å². The maximum Gasteiger partial charge on any atom is 0.243 e. The zero-order chi connectivity index (χ0) is 25.3. The van der Waals surface area contributed by atoms with Gasteiger partial charge in [-0.1, -0.05) is 24.6 Å². The lowest BCUT2D eigenvalue weighted by Gasteiger charge is -2.14. The molecule has 0 fully saturated rings. The Morgan fingerprint density at radius 3 is 2.61 bits per heavy atom. The lowest BCUT2D eigenvalue weighted by molar-refractivity contribution is -0.696. The first-order valence-electron chi connectivity index (χ1n) is 13.1. The first-order valence-corrected chi connectivity index (χ1v) is 13.1. The Bertz CT molecular complexity index is 994. The lowest BCUT2D eigenvalue weighted by atomic mass is 10.2. The third-order valence-electron chi connectivity index (χ3n) is 6.08. The fourth-order valence-corrected chi connectivity index (χ4v) is 3.91. The number of nitrogens with one attached hydrogen (secondary N) is 1. The minimum atomic E-state index is 0.764. The van der Waals surface area contributed by atoms with E-state index < -0.39 is 0 Å². The van der Waals surface area contributed by atoms with Crippen LogP contribution in [0, 0.1) is 0 Å². The predicted octanol–water partition coefficient (Wildman–Crippen LogP) is 4.13. The summed E-state index contributed by atoms with van der Waals surface area (Å²) in [6, 6.07) is 10.2. The standard InChI is InChI=1S/C28H43N8/c1-32(22-17-31-33(2)28-12-6-5-7-13-28)21-15-29-14-8-3-4-9-19-35-24-25-36(27-35)20-11-10-18-34-23-16-30-26-34/h5-7,12-13,15-17,21,23-27,29H,3-4,8-11,14,18-20,22H2,1-2H3/q+1/b21-15-,31-17+. The molecule has 0 bridgehead atoms. The Kier molecular flexibility index (Phi) is 12.2. The SMILES string of the molecule is CN(/C=C\NCCCCCCn1cc[n+](CCCCn2ccnc2)c1)C/C=N/N(C)c1ccccc1. The van der Waals surface area contributed by atoms with Crippen LogP contribution in [0.2, 0.25) is 0 Å². The van der Waals surface area contributed by atoms with E-state index in [1.165, 1.54) is 38.5 Å². The van der Waals surface area contributed by atoms with Gasteiger partial charge < -0.3 is 14.8 Å². The van der Waals surface area contributed by atoms with Crippen molar-refractivity contribution in [3.05, 3.63) is 80.2 Å². The van der Waals surface area contributed by atoms with Gasteiger partial charge in [-0.15, -0.1) is 0 Å². The lowest BCUT2D eigenvalue weighted by Crippen LogP contribution is -2.31. The smallest absolute Gasteiger partial charge is 0.243 e. The molecule has 0 amide bonds. The molecule has 0 aliphatic heterocycles. The summed E-state index contributed by atoms with van der Waals surface area (Å²) in [5, 5.41) is 9.76. The summed E-state index contributed by atoms with van der Waals surface area (Å²) in [5.41, 5.74) is 1.08. The zero-order valence-electron chi connectivity index (χ0n) is 22.0. The fourth-order valence-electron chi connectivity index (χ4n) is 3.91. The number of nitrogens with zero attached hydrogens (tertiary/aromatic N) is 7. The zero-order valence-corrected chi connectivity index (χ0v) is 22.0. The molecule has 0 aliphatic rings. The number of unbranched alkanes of at least 4 members (excludes halogenated alkanes) is 4. The first kappa shape index (κ1) is 27.0. The van der Waals surface area contributed by atoms with E-state index in [2.05, 4.69) is 66.0 Å². The van der Waals surface area contributed by atoms with E-state index in [4.69, 9.17) is 0 Å². The van der Waals surface area contributed by atoms with Gasteiger partial charge in [-0.2, -0.15) is 5.10 Å². The average molecular weight is 492 g/mol. The molecule has 0 spiro atoms. The van der Waals surface area contributed by atoms with Crippen LogP contribution in [-0.2, 0) is 19.6 Å². The molecule has 0 saturated carbocycles. The Balaban J connectivity index is 1.15. The topological polar surface area (TPSA) is 57.5 Å². The van der Waals surface area contributed by atoms with Crippen molar-refractivity contribution in [3.8, 4) is 0 Å². The van der Waals surface area contributed by atoms with Crippen molar-refractivity contribution in [1.29, 1.82) is 0 Å². The molecule has 2 heterocycles. The number of benzene rings is 1. The predicted molar refractivity (Wildman–Crippen MR) is 148 cm³/mol. The largest absolute Gasteiger partial charge is 0.390 e. The highest BCUT2D eigenvalue weighted by Gasteiger charge is 2.03. The highest BCUT2D eigenvalue weighted by atomic mass is 15.4. The monoisotopic (exact) mass is 491 g/mol. The van der Waals surface area contributed by atoms with Crippen LogP contribution in [-0.4, -0.2) is 52.4 Å².